The lowest BCUT2D eigenvalue weighted by Gasteiger charge is -2.12. The molecular formula is C14H12Br2FN. The number of hydrogen-bond donors (Lipinski definition) is 1. The Morgan fingerprint density at radius 3 is 2.17 bits per heavy atom. The average molecular weight is 373 g/mol. The third-order valence-electron chi connectivity index (χ3n) is 2.57. The van der Waals surface area contributed by atoms with Gasteiger partial charge in [-0.2, -0.15) is 0 Å². The summed E-state index contributed by atoms with van der Waals surface area (Å²) < 4.78 is 14.8. The van der Waals surface area contributed by atoms with Gasteiger partial charge in [0.05, 0.1) is 5.69 Å². The molecule has 1 N–H and O–H groups in total. The van der Waals surface area contributed by atoms with Crippen molar-refractivity contribution in [3.8, 4) is 0 Å². The zero-order valence-corrected chi connectivity index (χ0v) is 13.0. The Kier molecular flexibility index (Phi) is 4.40. The Hall–Kier alpha value is -0.870. The molecule has 2 rings (SSSR count). The first-order valence-electron chi connectivity index (χ1n) is 5.50. The molecule has 0 bridgehead atoms. The van der Waals surface area contributed by atoms with Crippen molar-refractivity contribution < 1.29 is 4.39 Å². The zero-order chi connectivity index (χ0) is 13.1. The van der Waals surface area contributed by atoms with Gasteiger partial charge in [0.25, 0.3) is 0 Å². The van der Waals surface area contributed by atoms with Gasteiger partial charge in [-0.05, 0) is 74.2 Å². The minimum atomic E-state index is -0.212. The molecule has 0 amide bonds. The first-order valence-corrected chi connectivity index (χ1v) is 7.09. The second-order valence-corrected chi connectivity index (χ2v) is 5.79. The van der Waals surface area contributed by atoms with Crippen LogP contribution in [-0.2, 0) is 6.54 Å². The Morgan fingerprint density at radius 1 is 1.06 bits per heavy atom. The molecule has 0 aromatic heterocycles. The molecule has 0 saturated heterocycles. The molecule has 0 heterocycles. The molecule has 1 nitrogen and oxygen atoms in total. The summed E-state index contributed by atoms with van der Waals surface area (Å²) >= 11 is 7.06. The van der Waals surface area contributed by atoms with E-state index in [2.05, 4.69) is 49.3 Å². The van der Waals surface area contributed by atoms with Crippen LogP contribution in [-0.4, -0.2) is 0 Å². The van der Waals surface area contributed by atoms with Crippen LogP contribution in [0.15, 0.2) is 45.3 Å². The van der Waals surface area contributed by atoms with Gasteiger partial charge in [0.15, 0.2) is 0 Å². The smallest absolute Gasteiger partial charge is 0.123 e. The lowest BCUT2D eigenvalue weighted by molar-refractivity contribution is 0.627. The second kappa shape index (κ2) is 5.85. The van der Waals surface area contributed by atoms with E-state index in [0.717, 1.165) is 20.2 Å². The summed E-state index contributed by atoms with van der Waals surface area (Å²) in [5, 5.41) is 3.33. The number of aryl methyl sites for hydroxylation is 1. The number of benzene rings is 2. The molecule has 2 aromatic rings. The van der Waals surface area contributed by atoms with Gasteiger partial charge < -0.3 is 5.32 Å². The lowest BCUT2D eigenvalue weighted by Crippen LogP contribution is -2.01. The predicted octanol–water partition coefficient (Wildman–Crippen LogP) is 5.27. The van der Waals surface area contributed by atoms with Crippen molar-refractivity contribution in [2.75, 3.05) is 5.32 Å². The molecule has 2 aromatic carbocycles. The summed E-state index contributed by atoms with van der Waals surface area (Å²) in [5.41, 5.74) is 3.22. The van der Waals surface area contributed by atoms with E-state index in [0.29, 0.717) is 6.54 Å². The van der Waals surface area contributed by atoms with E-state index >= 15 is 0 Å². The molecule has 0 fully saturated rings. The van der Waals surface area contributed by atoms with Gasteiger partial charge in [0, 0.05) is 15.5 Å². The Labute approximate surface area is 123 Å². The lowest BCUT2D eigenvalue weighted by atomic mass is 10.2. The van der Waals surface area contributed by atoms with Crippen LogP contribution in [0.3, 0.4) is 0 Å². The molecular weight excluding hydrogens is 361 g/mol. The minimum Gasteiger partial charge on any atom is -0.379 e. The maximum atomic E-state index is 12.8. The summed E-state index contributed by atoms with van der Waals surface area (Å²) in [6.07, 6.45) is 0. The Balaban J connectivity index is 2.13. The monoisotopic (exact) mass is 371 g/mol. The van der Waals surface area contributed by atoms with Gasteiger partial charge in [-0.3, -0.25) is 0 Å². The fraction of sp³-hybridized carbons (Fsp3) is 0.143. The maximum absolute atomic E-state index is 12.8. The van der Waals surface area contributed by atoms with E-state index in [1.807, 2.05) is 6.92 Å². The highest BCUT2D eigenvalue weighted by atomic mass is 79.9. The van der Waals surface area contributed by atoms with Crippen molar-refractivity contribution in [3.05, 3.63) is 62.3 Å². The molecule has 94 valence electrons. The number of anilines is 1. The van der Waals surface area contributed by atoms with Gasteiger partial charge in [-0.1, -0.05) is 12.1 Å². The number of nitrogens with one attached hydrogen (secondary N) is 1. The van der Waals surface area contributed by atoms with Crippen LogP contribution in [0.4, 0.5) is 10.1 Å². The van der Waals surface area contributed by atoms with Crippen molar-refractivity contribution in [2.24, 2.45) is 0 Å². The van der Waals surface area contributed by atoms with Gasteiger partial charge in [-0.15, -0.1) is 0 Å². The largest absolute Gasteiger partial charge is 0.379 e. The predicted molar refractivity (Wildman–Crippen MR) is 80.3 cm³/mol. The van der Waals surface area contributed by atoms with E-state index in [9.17, 15) is 4.39 Å². The summed E-state index contributed by atoms with van der Waals surface area (Å²) in [7, 11) is 0. The van der Waals surface area contributed by atoms with E-state index in [-0.39, 0.29) is 5.82 Å². The summed E-state index contributed by atoms with van der Waals surface area (Å²) in [4.78, 5) is 0. The Bertz CT molecular complexity index is 529. The van der Waals surface area contributed by atoms with Gasteiger partial charge in [0.2, 0.25) is 0 Å². The highest BCUT2D eigenvalue weighted by Crippen LogP contribution is 2.32. The van der Waals surface area contributed by atoms with Crippen LogP contribution in [0.25, 0.3) is 0 Å². The van der Waals surface area contributed by atoms with Gasteiger partial charge in [-0.25, -0.2) is 4.39 Å². The van der Waals surface area contributed by atoms with E-state index in [4.69, 9.17) is 0 Å². The van der Waals surface area contributed by atoms with E-state index < -0.39 is 0 Å². The fourth-order valence-corrected chi connectivity index (χ4v) is 3.36. The van der Waals surface area contributed by atoms with Crippen molar-refractivity contribution in [2.45, 2.75) is 13.5 Å². The molecule has 18 heavy (non-hydrogen) atoms. The van der Waals surface area contributed by atoms with Crippen LogP contribution in [0.5, 0.6) is 0 Å². The molecule has 0 atom stereocenters. The highest BCUT2D eigenvalue weighted by Gasteiger charge is 2.05. The normalized spacial score (nSPS) is 10.4. The third kappa shape index (κ3) is 3.33. The quantitative estimate of drug-likeness (QED) is 0.773. The highest BCUT2D eigenvalue weighted by molar-refractivity contribution is 9.11. The Morgan fingerprint density at radius 2 is 1.61 bits per heavy atom. The van der Waals surface area contributed by atoms with Crippen LogP contribution in [0.2, 0.25) is 0 Å². The molecule has 0 aliphatic heterocycles. The van der Waals surface area contributed by atoms with Crippen molar-refractivity contribution >= 4 is 37.5 Å². The molecule has 0 radical (unpaired) electrons. The summed E-state index contributed by atoms with van der Waals surface area (Å²) in [6.45, 7) is 2.69. The molecule has 0 aliphatic carbocycles. The molecule has 0 spiro atoms. The SMILES string of the molecule is Cc1cc(Br)c(NCc2ccc(F)cc2)c(Br)c1. The number of rotatable bonds is 3. The van der Waals surface area contributed by atoms with Crippen LogP contribution >= 0.6 is 31.9 Å². The second-order valence-electron chi connectivity index (χ2n) is 4.08. The summed E-state index contributed by atoms with van der Waals surface area (Å²) in [5.74, 6) is -0.212. The standard InChI is InChI=1S/C14H12Br2FN/c1-9-6-12(15)14(13(16)7-9)18-8-10-2-4-11(17)5-3-10/h2-7,18H,8H2,1H3. The maximum Gasteiger partial charge on any atom is 0.123 e. The topological polar surface area (TPSA) is 12.0 Å². The van der Waals surface area contributed by atoms with Gasteiger partial charge >= 0.3 is 0 Å². The molecule has 0 aliphatic rings. The first-order chi connectivity index (χ1) is 8.56. The van der Waals surface area contributed by atoms with Crippen LogP contribution < -0.4 is 5.32 Å². The molecule has 0 unspecified atom stereocenters. The van der Waals surface area contributed by atoms with Crippen molar-refractivity contribution in [1.82, 2.24) is 0 Å². The van der Waals surface area contributed by atoms with Crippen LogP contribution in [0.1, 0.15) is 11.1 Å². The molecule has 0 saturated carbocycles. The van der Waals surface area contributed by atoms with E-state index in [1.165, 1.54) is 17.7 Å². The first kappa shape index (κ1) is 13.6. The number of hydrogen-bond acceptors (Lipinski definition) is 1. The van der Waals surface area contributed by atoms with Crippen molar-refractivity contribution in [1.29, 1.82) is 0 Å². The fourth-order valence-electron chi connectivity index (χ4n) is 1.66. The summed E-state index contributed by atoms with van der Waals surface area (Å²) in [6, 6.07) is 10.6. The average Bonchev–Trinajstić information content (AvgIpc) is 2.30. The van der Waals surface area contributed by atoms with Crippen LogP contribution in [0, 0.1) is 12.7 Å². The van der Waals surface area contributed by atoms with E-state index in [1.54, 1.807) is 12.1 Å². The van der Waals surface area contributed by atoms with Gasteiger partial charge in [0.1, 0.15) is 5.82 Å². The zero-order valence-electron chi connectivity index (χ0n) is 9.81. The third-order valence-corrected chi connectivity index (χ3v) is 3.82. The van der Waals surface area contributed by atoms with Crippen molar-refractivity contribution in [3.63, 3.8) is 0 Å². The molecule has 4 heteroatoms. The minimum absolute atomic E-state index is 0.212. The number of halogens is 3.